The SMILES string of the molecule is N#C[C@H]1CCCN1c1ccccc1. The molecule has 1 heterocycles. The van der Waals surface area contributed by atoms with Gasteiger partial charge in [-0.05, 0) is 25.0 Å². The van der Waals surface area contributed by atoms with Crippen molar-refractivity contribution in [2.45, 2.75) is 18.9 Å². The number of hydrogen-bond acceptors (Lipinski definition) is 2. The van der Waals surface area contributed by atoms with Gasteiger partial charge in [-0.1, -0.05) is 18.2 Å². The molecule has 0 amide bonds. The van der Waals surface area contributed by atoms with Gasteiger partial charge in [-0.2, -0.15) is 5.26 Å². The van der Waals surface area contributed by atoms with Gasteiger partial charge in [-0.25, -0.2) is 0 Å². The molecule has 0 aliphatic carbocycles. The van der Waals surface area contributed by atoms with Gasteiger partial charge in [0.2, 0.25) is 0 Å². The van der Waals surface area contributed by atoms with E-state index in [1.165, 1.54) is 5.69 Å². The average molecular weight is 172 g/mol. The second-order valence-corrected chi connectivity index (χ2v) is 3.32. The fourth-order valence-corrected chi connectivity index (χ4v) is 1.83. The zero-order chi connectivity index (χ0) is 9.10. The van der Waals surface area contributed by atoms with Crippen molar-refractivity contribution in [3.63, 3.8) is 0 Å². The molecular formula is C11H12N2. The third kappa shape index (κ3) is 1.50. The third-order valence-electron chi connectivity index (χ3n) is 2.49. The Bertz CT molecular complexity index is 313. The normalized spacial score (nSPS) is 21.5. The molecule has 2 heteroatoms. The molecule has 0 unspecified atom stereocenters. The van der Waals surface area contributed by atoms with E-state index in [0.717, 1.165) is 19.4 Å². The molecule has 13 heavy (non-hydrogen) atoms. The summed E-state index contributed by atoms with van der Waals surface area (Å²) in [4.78, 5) is 2.18. The lowest BCUT2D eigenvalue weighted by molar-refractivity contribution is 0.818. The van der Waals surface area contributed by atoms with Crippen LogP contribution in [0.5, 0.6) is 0 Å². The second-order valence-electron chi connectivity index (χ2n) is 3.32. The smallest absolute Gasteiger partial charge is 0.116 e. The molecule has 2 rings (SSSR count). The summed E-state index contributed by atoms with van der Waals surface area (Å²) in [7, 11) is 0. The second kappa shape index (κ2) is 3.49. The average Bonchev–Trinajstić information content (AvgIpc) is 2.67. The largest absolute Gasteiger partial charge is 0.356 e. The first-order chi connectivity index (χ1) is 6.42. The Hall–Kier alpha value is -1.49. The Kier molecular flexibility index (Phi) is 2.18. The van der Waals surface area contributed by atoms with Crippen LogP contribution in [-0.4, -0.2) is 12.6 Å². The van der Waals surface area contributed by atoms with Gasteiger partial charge in [-0.3, -0.25) is 0 Å². The van der Waals surface area contributed by atoms with E-state index in [2.05, 4.69) is 23.1 Å². The van der Waals surface area contributed by atoms with E-state index in [1.807, 2.05) is 18.2 Å². The van der Waals surface area contributed by atoms with Gasteiger partial charge in [-0.15, -0.1) is 0 Å². The number of benzene rings is 1. The molecule has 0 N–H and O–H groups in total. The summed E-state index contributed by atoms with van der Waals surface area (Å²) in [6.07, 6.45) is 2.14. The maximum Gasteiger partial charge on any atom is 0.116 e. The molecular weight excluding hydrogens is 160 g/mol. The van der Waals surface area contributed by atoms with Crippen molar-refractivity contribution in [2.75, 3.05) is 11.4 Å². The number of nitriles is 1. The maximum atomic E-state index is 8.91. The lowest BCUT2D eigenvalue weighted by atomic mass is 10.2. The van der Waals surface area contributed by atoms with Gasteiger partial charge in [0.15, 0.2) is 0 Å². The molecule has 1 aromatic carbocycles. The Balaban J connectivity index is 2.22. The summed E-state index contributed by atoms with van der Waals surface area (Å²) in [5.41, 5.74) is 1.17. The molecule has 1 fully saturated rings. The van der Waals surface area contributed by atoms with Crippen LogP contribution in [0.3, 0.4) is 0 Å². The fourth-order valence-electron chi connectivity index (χ4n) is 1.83. The Morgan fingerprint density at radius 1 is 1.31 bits per heavy atom. The van der Waals surface area contributed by atoms with Crippen molar-refractivity contribution in [2.24, 2.45) is 0 Å². The highest BCUT2D eigenvalue weighted by atomic mass is 15.2. The molecule has 0 spiro atoms. The van der Waals surface area contributed by atoms with Crippen LogP contribution in [-0.2, 0) is 0 Å². The van der Waals surface area contributed by atoms with Crippen LogP contribution in [0.25, 0.3) is 0 Å². The van der Waals surface area contributed by atoms with E-state index in [-0.39, 0.29) is 6.04 Å². The molecule has 0 saturated carbocycles. The van der Waals surface area contributed by atoms with E-state index >= 15 is 0 Å². The zero-order valence-corrected chi connectivity index (χ0v) is 7.48. The predicted molar refractivity (Wildman–Crippen MR) is 52.4 cm³/mol. The first-order valence-corrected chi connectivity index (χ1v) is 4.63. The van der Waals surface area contributed by atoms with Crippen molar-refractivity contribution >= 4 is 5.69 Å². The van der Waals surface area contributed by atoms with Crippen LogP contribution in [0.1, 0.15) is 12.8 Å². The minimum absolute atomic E-state index is 0.0856. The Labute approximate surface area is 78.4 Å². The van der Waals surface area contributed by atoms with E-state index in [4.69, 9.17) is 5.26 Å². The number of rotatable bonds is 1. The summed E-state index contributed by atoms with van der Waals surface area (Å²) in [6, 6.07) is 12.6. The fraction of sp³-hybridized carbons (Fsp3) is 0.364. The minimum Gasteiger partial charge on any atom is -0.356 e. The summed E-state index contributed by atoms with van der Waals surface area (Å²) >= 11 is 0. The number of hydrogen-bond donors (Lipinski definition) is 0. The third-order valence-corrected chi connectivity index (χ3v) is 2.49. The van der Waals surface area contributed by atoms with Crippen LogP contribution < -0.4 is 4.90 Å². The Morgan fingerprint density at radius 2 is 2.08 bits per heavy atom. The van der Waals surface area contributed by atoms with E-state index in [0.29, 0.717) is 0 Å². The van der Waals surface area contributed by atoms with Crippen molar-refractivity contribution in [3.8, 4) is 6.07 Å². The summed E-state index contributed by atoms with van der Waals surface area (Å²) in [5, 5.41) is 8.91. The van der Waals surface area contributed by atoms with E-state index < -0.39 is 0 Å². The highest BCUT2D eigenvalue weighted by Crippen LogP contribution is 2.24. The monoisotopic (exact) mass is 172 g/mol. The predicted octanol–water partition coefficient (Wildman–Crippen LogP) is 2.18. The van der Waals surface area contributed by atoms with Crippen molar-refractivity contribution in [1.29, 1.82) is 5.26 Å². The molecule has 0 radical (unpaired) electrons. The standard InChI is InChI=1S/C11H12N2/c12-9-11-7-4-8-13(11)10-5-2-1-3-6-10/h1-3,5-6,11H,4,7-8H2/t11-/m1/s1. The van der Waals surface area contributed by atoms with Gasteiger partial charge in [0.25, 0.3) is 0 Å². The number of anilines is 1. The Morgan fingerprint density at radius 3 is 2.77 bits per heavy atom. The minimum atomic E-state index is 0.0856. The molecule has 0 bridgehead atoms. The molecule has 0 aromatic heterocycles. The lowest BCUT2D eigenvalue weighted by Gasteiger charge is -2.21. The van der Waals surface area contributed by atoms with Crippen LogP contribution >= 0.6 is 0 Å². The van der Waals surface area contributed by atoms with Gasteiger partial charge < -0.3 is 4.90 Å². The van der Waals surface area contributed by atoms with Crippen LogP contribution in [0, 0.1) is 11.3 Å². The summed E-state index contributed by atoms with van der Waals surface area (Å²) in [5.74, 6) is 0. The van der Waals surface area contributed by atoms with Gasteiger partial charge in [0.05, 0.1) is 6.07 Å². The molecule has 1 aliphatic rings. The van der Waals surface area contributed by atoms with Crippen LogP contribution in [0.4, 0.5) is 5.69 Å². The van der Waals surface area contributed by atoms with Gasteiger partial charge in [0, 0.05) is 12.2 Å². The topological polar surface area (TPSA) is 27.0 Å². The van der Waals surface area contributed by atoms with Gasteiger partial charge >= 0.3 is 0 Å². The zero-order valence-electron chi connectivity index (χ0n) is 7.48. The molecule has 1 saturated heterocycles. The number of nitrogens with zero attached hydrogens (tertiary/aromatic N) is 2. The highest BCUT2D eigenvalue weighted by molar-refractivity contribution is 5.49. The van der Waals surface area contributed by atoms with Gasteiger partial charge in [0.1, 0.15) is 6.04 Å². The van der Waals surface area contributed by atoms with Crippen molar-refractivity contribution < 1.29 is 0 Å². The molecule has 1 atom stereocenters. The summed E-state index contributed by atoms with van der Waals surface area (Å²) < 4.78 is 0. The molecule has 2 nitrogen and oxygen atoms in total. The molecule has 1 aromatic rings. The van der Waals surface area contributed by atoms with E-state index in [9.17, 15) is 0 Å². The highest BCUT2D eigenvalue weighted by Gasteiger charge is 2.23. The van der Waals surface area contributed by atoms with Crippen molar-refractivity contribution in [1.82, 2.24) is 0 Å². The van der Waals surface area contributed by atoms with Crippen LogP contribution in [0.2, 0.25) is 0 Å². The lowest BCUT2D eigenvalue weighted by Crippen LogP contribution is -2.27. The molecule has 66 valence electrons. The number of para-hydroxylation sites is 1. The quantitative estimate of drug-likeness (QED) is 0.649. The van der Waals surface area contributed by atoms with E-state index in [1.54, 1.807) is 0 Å². The first-order valence-electron chi connectivity index (χ1n) is 4.63. The van der Waals surface area contributed by atoms with Crippen molar-refractivity contribution in [3.05, 3.63) is 30.3 Å². The maximum absolute atomic E-state index is 8.91. The first kappa shape index (κ1) is 8.12. The van der Waals surface area contributed by atoms with Crippen LogP contribution in [0.15, 0.2) is 30.3 Å². The summed E-state index contributed by atoms with van der Waals surface area (Å²) in [6.45, 7) is 1.02. The molecule has 1 aliphatic heterocycles.